The minimum atomic E-state index is -0.445. The molecular formula is C26H34N2O2. The van der Waals surface area contributed by atoms with Gasteiger partial charge in [-0.25, -0.2) is 0 Å². The number of hydrogen-bond acceptors (Lipinski definition) is 4. The molecule has 0 fully saturated rings. The molecule has 0 aliphatic carbocycles. The van der Waals surface area contributed by atoms with Crippen LogP contribution in [0.2, 0.25) is 0 Å². The van der Waals surface area contributed by atoms with Crippen LogP contribution in [0.25, 0.3) is 0 Å². The van der Waals surface area contributed by atoms with Crippen LogP contribution in [0, 0.1) is 0 Å². The molecule has 0 aromatic heterocycles. The Labute approximate surface area is 181 Å². The van der Waals surface area contributed by atoms with Gasteiger partial charge in [0.1, 0.15) is 40.1 Å². The maximum atomic E-state index is 6.45. The summed E-state index contributed by atoms with van der Waals surface area (Å²) >= 11 is 0. The van der Waals surface area contributed by atoms with E-state index in [0.29, 0.717) is 6.42 Å². The maximum absolute atomic E-state index is 6.45. The minimum Gasteiger partial charge on any atom is -0.485 e. The molecule has 0 bridgehead atoms. The summed E-state index contributed by atoms with van der Waals surface area (Å²) in [7, 11) is 0. The second-order valence-electron chi connectivity index (χ2n) is 10.0. The molecule has 0 spiro atoms. The molecule has 0 saturated heterocycles. The summed E-state index contributed by atoms with van der Waals surface area (Å²) in [5, 5.41) is 0. The molecule has 0 unspecified atom stereocenters. The van der Waals surface area contributed by atoms with Gasteiger partial charge in [-0.2, -0.15) is 9.98 Å². The number of nitrogens with zero attached hydrogens (tertiary/aromatic N) is 2. The van der Waals surface area contributed by atoms with E-state index < -0.39 is 11.2 Å². The number of rotatable bonds is 3. The number of para-hydroxylation sites is 2. The van der Waals surface area contributed by atoms with Gasteiger partial charge in [0.05, 0.1) is 0 Å². The molecule has 1 aliphatic heterocycles. The van der Waals surface area contributed by atoms with E-state index in [9.17, 15) is 0 Å². The van der Waals surface area contributed by atoms with Gasteiger partial charge in [-0.15, -0.1) is 0 Å². The zero-order chi connectivity index (χ0) is 22.0. The molecule has 2 aromatic carbocycles. The molecule has 0 saturated carbocycles. The highest BCUT2D eigenvalue weighted by atomic mass is 16.5. The zero-order valence-electron chi connectivity index (χ0n) is 19.4. The highest BCUT2D eigenvalue weighted by molar-refractivity contribution is 5.65. The Morgan fingerprint density at radius 3 is 2.17 bits per heavy atom. The van der Waals surface area contributed by atoms with E-state index in [1.54, 1.807) is 0 Å². The number of hydrogen-bond donors (Lipinski definition) is 0. The predicted octanol–water partition coefficient (Wildman–Crippen LogP) is 7.62. The number of benzene rings is 2. The summed E-state index contributed by atoms with van der Waals surface area (Å²) in [6, 6.07) is 16.9. The third-order valence-electron chi connectivity index (χ3n) is 5.45. The van der Waals surface area contributed by atoms with Crippen molar-refractivity contribution < 1.29 is 9.47 Å². The van der Waals surface area contributed by atoms with Gasteiger partial charge in [0.15, 0.2) is 0 Å². The fraction of sp³-hybridized carbons (Fsp3) is 0.500. The van der Waals surface area contributed by atoms with Crippen LogP contribution in [0.3, 0.4) is 0 Å². The van der Waals surface area contributed by atoms with Gasteiger partial charge in [-0.3, -0.25) is 0 Å². The Morgan fingerprint density at radius 2 is 1.50 bits per heavy atom. The van der Waals surface area contributed by atoms with Crippen LogP contribution < -0.4 is 9.47 Å². The van der Waals surface area contributed by atoms with Crippen LogP contribution in [0.5, 0.6) is 11.5 Å². The Kier molecular flexibility index (Phi) is 6.10. The molecular weight excluding hydrogens is 372 g/mol. The summed E-state index contributed by atoms with van der Waals surface area (Å²) < 4.78 is 12.8. The van der Waals surface area contributed by atoms with E-state index in [-0.39, 0.29) is 5.41 Å². The molecule has 0 amide bonds. The third kappa shape index (κ3) is 5.31. The highest BCUT2D eigenvalue weighted by Crippen LogP contribution is 2.40. The number of fused-ring (bicyclic) bond motifs is 2. The van der Waals surface area contributed by atoms with E-state index in [1.807, 2.05) is 30.3 Å². The lowest BCUT2D eigenvalue weighted by Crippen LogP contribution is -2.41. The van der Waals surface area contributed by atoms with E-state index in [4.69, 9.17) is 9.47 Å². The summed E-state index contributed by atoms with van der Waals surface area (Å²) in [5.41, 5.74) is 1.90. The highest BCUT2D eigenvalue weighted by Gasteiger charge is 2.33. The van der Waals surface area contributed by atoms with Crippen molar-refractivity contribution in [2.24, 2.45) is 9.98 Å². The second-order valence-corrected chi connectivity index (χ2v) is 10.0. The van der Waals surface area contributed by atoms with E-state index in [0.717, 1.165) is 35.7 Å². The van der Waals surface area contributed by atoms with Crippen molar-refractivity contribution in [1.82, 2.24) is 0 Å². The molecule has 4 nitrogen and oxygen atoms in total. The lowest BCUT2D eigenvalue weighted by Gasteiger charge is -2.36. The van der Waals surface area contributed by atoms with Crippen molar-refractivity contribution >= 4 is 17.4 Å². The standard InChI is InChI=1S/C26H34N2O2/c1-8-15-24(2,3)19-13-14-23-21(16-19)28-18-27-20-11-9-10-12-22(20)29-25(4,5)17-26(6,7)30-23/h9-14,16H,8,15,17H2,1-7H3. The lowest BCUT2D eigenvalue weighted by molar-refractivity contribution is 0.00559. The zero-order valence-corrected chi connectivity index (χ0v) is 19.4. The number of ether oxygens (including phenoxy) is 2. The Balaban J connectivity index is 2.14. The second kappa shape index (κ2) is 8.28. The quantitative estimate of drug-likeness (QED) is 0.526. The van der Waals surface area contributed by atoms with Crippen LogP contribution in [-0.4, -0.2) is 17.2 Å². The molecule has 0 N–H and O–H groups in total. The predicted molar refractivity (Wildman–Crippen MR) is 124 cm³/mol. The Bertz CT molecular complexity index is 967. The lowest BCUT2D eigenvalue weighted by atomic mass is 9.80. The largest absolute Gasteiger partial charge is 0.485 e. The summed E-state index contributed by atoms with van der Waals surface area (Å²) in [6.45, 7) is 15.1. The Hall–Kier alpha value is -2.58. The van der Waals surface area contributed by atoms with Gasteiger partial charge < -0.3 is 9.47 Å². The van der Waals surface area contributed by atoms with Gasteiger partial charge in [0, 0.05) is 6.42 Å². The molecule has 2 aromatic rings. The SMILES string of the molecule is CCCC(C)(C)c1ccc2c(c1)N=C=Nc1ccccc1OC(C)(C)CC(C)(C)O2. The first kappa shape index (κ1) is 22.1. The van der Waals surface area contributed by atoms with Crippen LogP contribution in [-0.2, 0) is 5.41 Å². The topological polar surface area (TPSA) is 43.2 Å². The van der Waals surface area contributed by atoms with E-state index in [2.05, 4.69) is 76.6 Å². The van der Waals surface area contributed by atoms with Crippen molar-refractivity contribution in [2.75, 3.05) is 0 Å². The van der Waals surface area contributed by atoms with E-state index >= 15 is 0 Å². The first-order chi connectivity index (χ1) is 14.0. The van der Waals surface area contributed by atoms with Crippen molar-refractivity contribution in [3.63, 3.8) is 0 Å². The molecule has 1 aliphatic rings. The molecule has 30 heavy (non-hydrogen) atoms. The first-order valence-electron chi connectivity index (χ1n) is 10.8. The molecule has 160 valence electrons. The third-order valence-corrected chi connectivity index (χ3v) is 5.45. The smallest absolute Gasteiger partial charge is 0.146 e. The number of aliphatic imine (C=N–C) groups is 2. The average molecular weight is 407 g/mol. The van der Waals surface area contributed by atoms with Crippen molar-refractivity contribution in [1.29, 1.82) is 0 Å². The van der Waals surface area contributed by atoms with E-state index in [1.165, 1.54) is 5.56 Å². The normalized spacial score (nSPS) is 17.6. The van der Waals surface area contributed by atoms with Crippen molar-refractivity contribution in [3.8, 4) is 11.5 Å². The summed E-state index contributed by atoms with van der Waals surface area (Å²) in [6.07, 6.45) is 2.93. The molecule has 1 heterocycles. The fourth-order valence-electron chi connectivity index (χ4n) is 4.34. The van der Waals surface area contributed by atoms with Crippen molar-refractivity contribution in [3.05, 3.63) is 48.0 Å². The van der Waals surface area contributed by atoms with Crippen LogP contribution in [0.1, 0.15) is 73.3 Å². The van der Waals surface area contributed by atoms with Gasteiger partial charge >= 0.3 is 0 Å². The van der Waals surface area contributed by atoms with Gasteiger partial charge in [0.2, 0.25) is 0 Å². The van der Waals surface area contributed by atoms with Crippen LogP contribution in [0.4, 0.5) is 11.4 Å². The molecule has 0 radical (unpaired) electrons. The summed E-state index contributed by atoms with van der Waals surface area (Å²) in [4.78, 5) is 9.01. The fourth-order valence-corrected chi connectivity index (χ4v) is 4.34. The van der Waals surface area contributed by atoms with Gasteiger partial charge in [-0.1, -0.05) is 45.4 Å². The average Bonchev–Trinajstić information content (AvgIpc) is 2.62. The van der Waals surface area contributed by atoms with Crippen LogP contribution in [0.15, 0.2) is 52.4 Å². The Morgan fingerprint density at radius 1 is 0.900 bits per heavy atom. The summed E-state index contributed by atoms with van der Waals surface area (Å²) in [5.74, 6) is 1.46. The monoisotopic (exact) mass is 406 g/mol. The first-order valence-corrected chi connectivity index (χ1v) is 10.8. The van der Waals surface area contributed by atoms with Crippen LogP contribution >= 0.6 is 0 Å². The molecule has 0 atom stereocenters. The van der Waals surface area contributed by atoms with Gasteiger partial charge in [-0.05, 0) is 69.4 Å². The van der Waals surface area contributed by atoms with Crippen molar-refractivity contribution in [2.45, 2.75) is 84.3 Å². The maximum Gasteiger partial charge on any atom is 0.146 e. The molecule has 3 rings (SSSR count). The minimum absolute atomic E-state index is 0.0675. The van der Waals surface area contributed by atoms with Gasteiger partial charge in [0.25, 0.3) is 0 Å². The molecule has 4 heteroatoms.